The summed E-state index contributed by atoms with van der Waals surface area (Å²) < 4.78 is 0. The monoisotopic (exact) mass is 110 g/mol. The van der Waals surface area contributed by atoms with E-state index >= 15 is 0 Å². The van der Waals surface area contributed by atoms with Crippen molar-refractivity contribution in [1.82, 2.24) is 0 Å². The molecule has 1 atom stereocenters. The second-order valence-electron chi connectivity index (χ2n) is 1.44. The summed E-state index contributed by atoms with van der Waals surface area (Å²) in [4.78, 5) is 0. The fraction of sp³-hybridized carbons (Fsp3) is 0.333. The van der Waals surface area contributed by atoms with Crippen LogP contribution in [0.2, 0.25) is 0 Å². The molecule has 0 N–H and O–H groups in total. The molecule has 1 aliphatic heterocycles. The maximum atomic E-state index is 5.12. The van der Waals surface area contributed by atoms with E-state index in [0.717, 1.165) is 5.75 Å². The lowest BCUT2D eigenvalue weighted by Gasteiger charge is -1.88. The van der Waals surface area contributed by atoms with Crippen molar-refractivity contribution < 1.29 is 0 Å². The molecule has 0 aromatic rings. The summed E-state index contributed by atoms with van der Waals surface area (Å²) in [6, 6.07) is 0. The van der Waals surface area contributed by atoms with Gasteiger partial charge in [0.1, 0.15) is 0 Å². The number of terminal acetylenes is 1. The molecular formula is C6H6S. The molecule has 0 fully saturated rings. The summed E-state index contributed by atoms with van der Waals surface area (Å²) in [6.07, 6.45) is 7.18. The van der Waals surface area contributed by atoms with Gasteiger partial charge in [-0.05, 0) is 5.41 Å². The van der Waals surface area contributed by atoms with Gasteiger partial charge in [-0.2, -0.15) is 0 Å². The molecule has 0 saturated heterocycles. The lowest BCUT2D eigenvalue weighted by atomic mass is 10.2. The Morgan fingerprint density at radius 3 is 3.00 bits per heavy atom. The van der Waals surface area contributed by atoms with E-state index in [2.05, 4.69) is 17.4 Å². The Morgan fingerprint density at radius 1 is 1.86 bits per heavy atom. The summed E-state index contributed by atoms with van der Waals surface area (Å²) in [5, 5.41) is 2.06. The van der Waals surface area contributed by atoms with E-state index in [9.17, 15) is 0 Å². The number of hydrogen-bond acceptors (Lipinski definition) is 1. The first-order chi connectivity index (χ1) is 3.43. The van der Waals surface area contributed by atoms with Crippen LogP contribution in [-0.4, -0.2) is 5.75 Å². The van der Waals surface area contributed by atoms with Gasteiger partial charge < -0.3 is 0 Å². The van der Waals surface area contributed by atoms with Gasteiger partial charge in [-0.25, -0.2) is 0 Å². The molecule has 1 rings (SSSR count). The fourth-order valence-corrected chi connectivity index (χ4v) is 1.30. The third-order valence-corrected chi connectivity index (χ3v) is 1.80. The minimum absolute atomic E-state index is 0.407. The lowest BCUT2D eigenvalue weighted by Crippen LogP contribution is -1.87. The van der Waals surface area contributed by atoms with Crippen LogP contribution in [0.3, 0.4) is 0 Å². The van der Waals surface area contributed by atoms with Gasteiger partial charge in [0.25, 0.3) is 0 Å². The smallest absolute Gasteiger partial charge is 0.0481 e. The van der Waals surface area contributed by atoms with Crippen molar-refractivity contribution in [2.24, 2.45) is 5.92 Å². The molecule has 0 radical (unpaired) electrons. The van der Waals surface area contributed by atoms with Crippen molar-refractivity contribution in [3.05, 3.63) is 11.5 Å². The molecule has 1 aliphatic rings. The highest BCUT2D eigenvalue weighted by molar-refractivity contribution is 8.02. The zero-order valence-corrected chi connectivity index (χ0v) is 4.74. The first kappa shape index (κ1) is 4.80. The zero-order chi connectivity index (χ0) is 5.11. The highest BCUT2D eigenvalue weighted by Gasteiger charge is 2.03. The van der Waals surface area contributed by atoms with E-state index in [1.54, 1.807) is 11.8 Å². The first-order valence-electron chi connectivity index (χ1n) is 2.18. The van der Waals surface area contributed by atoms with Gasteiger partial charge in [-0.1, -0.05) is 12.0 Å². The van der Waals surface area contributed by atoms with Crippen molar-refractivity contribution in [3.63, 3.8) is 0 Å². The van der Waals surface area contributed by atoms with Crippen molar-refractivity contribution in [2.75, 3.05) is 5.75 Å². The number of hydrogen-bond donors (Lipinski definition) is 0. The normalized spacial score (nSPS) is 27.6. The largest absolute Gasteiger partial charge is 0.133 e. The molecule has 0 aromatic carbocycles. The number of allylic oxidation sites excluding steroid dienone is 1. The highest BCUT2D eigenvalue weighted by atomic mass is 32.2. The Balaban J connectivity index is 2.47. The lowest BCUT2D eigenvalue weighted by molar-refractivity contribution is 1.02. The molecule has 0 bridgehead atoms. The van der Waals surface area contributed by atoms with Crippen molar-refractivity contribution >= 4 is 11.8 Å². The minimum Gasteiger partial charge on any atom is -0.133 e. The summed E-state index contributed by atoms with van der Waals surface area (Å²) in [6.45, 7) is 0. The number of rotatable bonds is 0. The Bertz CT molecular complexity index is 119. The topological polar surface area (TPSA) is 0 Å². The molecule has 0 aliphatic carbocycles. The second kappa shape index (κ2) is 2.09. The van der Waals surface area contributed by atoms with Gasteiger partial charge >= 0.3 is 0 Å². The number of thioether (sulfide) groups is 1. The van der Waals surface area contributed by atoms with Crippen LogP contribution in [0, 0.1) is 18.3 Å². The van der Waals surface area contributed by atoms with E-state index in [-0.39, 0.29) is 0 Å². The molecule has 1 heteroatoms. The molecule has 0 nitrogen and oxygen atoms in total. The van der Waals surface area contributed by atoms with E-state index in [4.69, 9.17) is 6.42 Å². The van der Waals surface area contributed by atoms with Crippen LogP contribution in [0.25, 0.3) is 0 Å². The van der Waals surface area contributed by atoms with Crippen LogP contribution in [0.15, 0.2) is 11.5 Å². The molecule has 0 spiro atoms. The third kappa shape index (κ3) is 1.01. The Morgan fingerprint density at radius 2 is 2.71 bits per heavy atom. The van der Waals surface area contributed by atoms with Crippen LogP contribution in [-0.2, 0) is 0 Å². The van der Waals surface area contributed by atoms with Crippen LogP contribution >= 0.6 is 11.8 Å². The summed E-state index contributed by atoms with van der Waals surface area (Å²) in [7, 11) is 0. The quantitative estimate of drug-likeness (QED) is 0.426. The van der Waals surface area contributed by atoms with E-state index in [0.29, 0.717) is 5.92 Å². The summed E-state index contributed by atoms with van der Waals surface area (Å²) in [5.74, 6) is 4.14. The third-order valence-electron chi connectivity index (χ3n) is 0.897. The SMILES string of the molecule is C#CC1C=CSC1. The average molecular weight is 110 g/mol. The van der Waals surface area contributed by atoms with Gasteiger partial charge in [-0.3, -0.25) is 0 Å². The van der Waals surface area contributed by atoms with Gasteiger partial charge in [0.2, 0.25) is 0 Å². The summed E-state index contributed by atoms with van der Waals surface area (Å²) >= 11 is 1.78. The van der Waals surface area contributed by atoms with Crippen LogP contribution in [0.1, 0.15) is 0 Å². The van der Waals surface area contributed by atoms with Gasteiger partial charge in [-0.15, -0.1) is 18.2 Å². The van der Waals surface area contributed by atoms with Crippen molar-refractivity contribution in [1.29, 1.82) is 0 Å². The van der Waals surface area contributed by atoms with Gasteiger partial charge in [0.05, 0.1) is 0 Å². The van der Waals surface area contributed by atoms with Crippen LogP contribution in [0.4, 0.5) is 0 Å². The average Bonchev–Trinajstić information content (AvgIpc) is 2.14. The summed E-state index contributed by atoms with van der Waals surface area (Å²) in [5.41, 5.74) is 0. The van der Waals surface area contributed by atoms with Gasteiger partial charge in [0, 0.05) is 11.7 Å². The molecule has 1 unspecified atom stereocenters. The van der Waals surface area contributed by atoms with E-state index in [1.807, 2.05) is 0 Å². The molecule has 1 heterocycles. The van der Waals surface area contributed by atoms with Crippen LogP contribution in [0.5, 0.6) is 0 Å². The molecule has 0 saturated carbocycles. The molecule has 0 amide bonds. The Labute approximate surface area is 48.0 Å². The van der Waals surface area contributed by atoms with E-state index in [1.165, 1.54) is 0 Å². The van der Waals surface area contributed by atoms with Crippen molar-refractivity contribution in [3.8, 4) is 12.3 Å². The standard InChI is InChI=1S/C6H6S/c1-2-6-3-4-7-5-6/h1,3-4,6H,5H2. The first-order valence-corrected chi connectivity index (χ1v) is 3.23. The van der Waals surface area contributed by atoms with Crippen LogP contribution < -0.4 is 0 Å². The maximum absolute atomic E-state index is 5.12. The van der Waals surface area contributed by atoms with E-state index < -0.39 is 0 Å². The fourth-order valence-electron chi connectivity index (χ4n) is 0.469. The maximum Gasteiger partial charge on any atom is 0.0481 e. The molecule has 36 valence electrons. The highest BCUT2D eigenvalue weighted by Crippen LogP contribution is 2.18. The second-order valence-corrected chi connectivity index (χ2v) is 2.37. The Hall–Kier alpha value is -0.350. The van der Waals surface area contributed by atoms with Crippen molar-refractivity contribution in [2.45, 2.75) is 0 Å². The molecule has 7 heavy (non-hydrogen) atoms. The zero-order valence-electron chi connectivity index (χ0n) is 3.92. The Kier molecular flexibility index (Phi) is 1.43. The molecular weight excluding hydrogens is 104 g/mol. The minimum atomic E-state index is 0.407. The molecule has 0 aromatic heterocycles. The predicted molar refractivity (Wildman–Crippen MR) is 33.9 cm³/mol. The predicted octanol–water partition coefficient (Wildman–Crippen LogP) is 1.50. The van der Waals surface area contributed by atoms with Gasteiger partial charge in [0.15, 0.2) is 0 Å².